The van der Waals surface area contributed by atoms with Crippen molar-refractivity contribution in [2.45, 2.75) is 26.5 Å². The fraction of sp³-hybridized carbons (Fsp3) is 0.286. The van der Waals surface area contributed by atoms with Crippen LogP contribution in [-0.2, 0) is 6.54 Å². The van der Waals surface area contributed by atoms with E-state index in [1.807, 2.05) is 38.1 Å². The van der Waals surface area contributed by atoms with Crippen molar-refractivity contribution in [1.29, 1.82) is 0 Å². The zero-order valence-electron chi connectivity index (χ0n) is 11.1. The molecule has 0 amide bonds. The van der Waals surface area contributed by atoms with E-state index in [1.54, 1.807) is 12.4 Å². The third kappa shape index (κ3) is 3.84. The minimum absolute atomic E-state index is 0.0781. The van der Waals surface area contributed by atoms with E-state index in [9.17, 15) is 0 Å². The lowest BCUT2D eigenvalue weighted by molar-refractivity contribution is 0.232. The first-order valence-corrected chi connectivity index (χ1v) is 6.21. The van der Waals surface area contributed by atoms with Crippen molar-refractivity contribution in [3.63, 3.8) is 0 Å². The SMILES string of the molecule is CC(C)Oc1cncc(NCc2ccccc2N)n1. The van der Waals surface area contributed by atoms with Gasteiger partial charge >= 0.3 is 0 Å². The topological polar surface area (TPSA) is 73.1 Å². The molecule has 0 atom stereocenters. The van der Waals surface area contributed by atoms with Crippen molar-refractivity contribution in [2.75, 3.05) is 11.1 Å². The fourth-order valence-corrected chi connectivity index (χ4v) is 1.61. The number of hydrogen-bond acceptors (Lipinski definition) is 5. The second kappa shape index (κ2) is 6.04. The lowest BCUT2D eigenvalue weighted by Crippen LogP contribution is -2.09. The first kappa shape index (κ1) is 13.1. The molecule has 0 aliphatic heterocycles. The highest BCUT2D eigenvalue weighted by atomic mass is 16.5. The Morgan fingerprint density at radius 1 is 1.26 bits per heavy atom. The van der Waals surface area contributed by atoms with Crippen molar-refractivity contribution in [1.82, 2.24) is 9.97 Å². The van der Waals surface area contributed by atoms with Crippen LogP contribution >= 0.6 is 0 Å². The van der Waals surface area contributed by atoms with Crippen LogP contribution in [0.1, 0.15) is 19.4 Å². The average molecular weight is 258 g/mol. The summed E-state index contributed by atoms with van der Waals surface area (Å²) in [5.74, 6) is 1.18. The number of nitrogens with zero attached hydrogens (tertiary/aromatic N) is 2. The molecule has 0 aliphatic rings. The Morgan fingerprint density at radius 3 is 2.79 bits per heavy atom. The van der Waals surface area contributed by atoms with Crippen LogP contribution in [0.3, 0.4) is 0 Å². The van der Waals surface area contributed by atoms with Crippen molar-refractivity contribution < 1.29 is 4.74 Å². The fourth-order valence-electron chi connectivity index (χ4n) is 1.61. The molecular formula is C14H18N4O. The van der Waals surface area contributed by atoms with Gasteiger partial charge in [-0.25, -0.2) is 0 Å². The zero-order chi connectivity index (χ0) is 13.7. The Kier molecular flexibility index (Phi) is 4.18. The minimum Gasteiger partial charge on any atom is -0.474 e. The van der Waals surface area contributed by atoms with Crippen LogP contribution < -0.4 is 15.8 Å². The van der Waals surface area contributed by atoms with Crippen LogP contribution in [0.15, 0.2) is 36.7 Å². The van der Waals surface area contributed by atoms with Gasteiger partial charge in [0.2, 0.25) is 5.88 Å². The predicted molar refractivity (Wildman–Crippen MR) is 76.0 cm³/mol. The molecule has 100 valence electrons. The van der Waals surface area contributed by atoms with Crippen LogP contribution in [0.5, 0.6) is 5.88 Å². The highest BCUT2D eigenvalue weighted by molar-refractivity contribution is 5.48. The van der Waals surface area contributed by atoms with E-state index in [0.717, 1.165) is 11.3 Å². The highest BCUT2D eigenvalue weighted by Gasteiger charge is 2.03. The Balaban J connectivity index is 2.02. The summed E-state index contributed by atoms with van der Waals surface area (Å²) in [5.41, 5.74) is 7.67. The summed E-state index contributed by atoms with van der Waals surface area (Å²) in [6.45, 7) is 4.51. The molecule has 2 rings (SSSR count). The molecule has 0 bridgehead atoms. The Bertz CT molecular complexity index is 542. The monoisotopic (exact) mass is 258 g/mol. The van der Waals surface area contributed by atoms with E-state index in [0.29, 0.717) is 18.2 Å². The molecule has 5 nitrogen and oxygen atoms in total. The number of para-hydroxylation sites is 1. The maximum Gasteiger partial charge on any atom is 0.234 e. The smallest absolute Gasteiger partial charge is 0.234 e. The van der Waals surface area contributed by atoms with Crippen molar-refractivity contribution in [3.8, 4) is 5.88 Å². The van der Waals surface area contributed by atoms with E-state index in [4.69, 9.17) is 10.5 Å². The molecule has 2 aromatic rings. The summed E-state index contributed by atoms with van der Waals surface area (Å²) >= 11 is 0. The highest BCUT2D eigenvalue weighted by Crippen LogP contribution is 2.14. The van der Waals surface area contributed by atoms with Crippen molar-refractivity contribution in [3.05, 3.63) is 42.2 Å². The average Bonchev–Trinajstić information content (AvgIpc) is 2.37. The van der Waals surface area contributed by atoms with E-state index >= 15 is 0 Å². The van der Waals surface area contributed by atoms with Crippen LogP contribution in [-0.4, -0.2) is 16.1 Å². The molecule has 5 heteroatoms. The zero-order valence-corrected chi connectivity index (χ0v) is 11.1. The normalized spacial score (nSPS) is 10.5. The molecule has 19 heavy (non-hydrogen) atoms. The van der Waals surface area contributed by atoms with Gasteiger partial charge < -0.3 is 15.8 Å². The van der Waals surface area contributed by atoms with Gasteiger partial charge in [0.05, 0.1) is 18.5 Å². The van der Waals surface area contributed by atoms with E-state index in [2.05, 4.69) is 15.3 Å². The van der Waals surface area contributed by atoms with Gasteiger partial charge in [-0.05, 0) is 25.5 Å². The van der Waals surface area contributed by atoms with Gasteiger partial charge in [0, 0.05) is 12.2 Å². The molecule has 1 aromatic heterocycles. The van der Waals surface area contributed by atoms with Gasteiger partial charge in [0.25, 0.3) is 0 Å². The lowest BCUT2D eigenvalue weighted by Gasteiger charge is -2.11. The maximum absolute atomic E-state index is 5.88. The second-order valence-corrected chi connectivity index (χ2v) is 4.46. The predicted octanol–water partition coefficient (Wildman–Crippen LogP) is 2.46. The Labute approximate surface area is 112 Å². The lowest BCUT2D eigenvalue weighted by atomic mass is 10.2. The third-order valence-electron chi connectivity index (χ3n) is 2.48. The number of nitrogens with one attached hydrogen (secondary N) is 1. The molecule has 0 fully saturated rings. The van der Waals surface area contributed by atoms with Crippen LogP contribution in [0, 0.1) is 0 Å². The molecule has 0 unspecified atom stereocenters. The molecular weight excluding hydrogens is 240 g/mol. The number of nitrogen functional groups attached to an aromatic ring is 1. The van der Waals surface area contributed by atoms with Crippen LogP contribution in [0.4, 0.5) is 11.5 Å². The second-order valence-electron chi connectivity index (χ2n) is 4.46. The molecule has 1 aromatic carbocycles. The molecule has 0 aliphatic carbocycles. The summed E-state index contributed by atoms with van der Waals surface area (Å²) in [5, 5.41) is 3.18. The molecule has 0 saturated heterocycles. The van der Waals surface area contributed by atoms with Crippen molar-refractivity contribution >= 4 is 11.5 Å². The Hall–Kier alpha value is -2.30. The van der Waals surface area contributed by atoms with Crippen molar-refractivity contribution in [2.24, 2.45) is 0 Å². The molecule has 0 radical (unpaired) electrons. The van der Waals surface area contributed by atoms with Gasteiger partial charge in [-0.2, -0.15) is 4.98 Å². The van der Waals surface area contributed by atoms with Crippen LogP contribution in [0.2, 0.25) is 0 Å². The quantitative estimate of drug-likeness (QED) is 0.806. The van der Waals surface area contributed by atoms with Crippen LogP contribution in [0.25, 0.3) is 0 Å². The standard InChI is InChI=1S/C14H18N4O/c1-10(2)19-14-9-16-8-13(18-14)17-7-11-5-3-4-6-12(11)15/h3-6,8-10H,7,15H2,1-2H3,(H,17,18). The minimum atomic E-state index is 0.0781. The van der Waals surface area contributed by atoms with Gasteiger partial charge in [0.1, 0.15) is 5.82 Å². The first-order chi connectivity index (χ1) is 9.15. The van der Waals surface area contributed by atoms with Gasteiger partial charge in [-0.1, -0.05) is 18.2 Å². The van der Waals surface area contributed by atoms with Gasteiger partial charge in [-0.3, -0.25) is 4.98 Å². The number of hydrogen-bond donors (Lipinski definition) is 2. The van der Waals surface area contributed by atoms with E-state index in [1.165, 1.54) is 0 Å². The summed E-state index contributed by atoms with van der Waals surface area (Å²) < 4.78 is 5.49. The molecule has 0 spiro atoms. The molecule has 3 N–H and O–H groups in total. The maximum atomic E-state index is 5.88. The number of anilines is 2. The number of ether oxygens (including phenoxy) is 1. The number of aromatic nitrogens is 2. The third-order valence-corrected chi connectivity index (χ3v) is 2.48. The van der Waals surface area contributed by atoms with Gasteiger partial charge in [0.15, 0.2) is 0 Å². The molecule has 0 saturated carbocycles. The molecule has 1 heterocycles. The Morgan fingerprint density at radius 2 is 2.05 bits per heavy atom. The largest absolute Gasteiger partial charge is 0.474 e. The van der Waals surface area contributed by atoms with E-state index in [-0.39, 0.29) is 6.10 Å². The van der Waals surface area contributed by atoms with E-state index < -0.39 is 0 Å². The number of nitrogens with two attached hydrogens (primary N) is 1. The summed E-state index contributed by atoms with van der Waals surface area (Å²) in [4.78, 5) is 8.41. The van der Waals surface area contributed by atoms with Gasteiger partial charge in [-0.15, -0.1) is 0 Å². The summed E-state index contributed by atoms with van der Waals surface area (Å²) in [6.07, 6.45) is 3.34. The summed E-state index contributed by atoms with van der Waals surface area (Å²) in [7, 11) is 0. The first-order valence-electron chi connectivity index (χ1n) is 6.21. The summed E-state index contributed by atoms with van der Waals surface area (Å²) in [6, 6.07) is 7.72. The number of benzene rings is 1. The number of rotatable bonds is 5.